The lowest BCUT2D eigenvalue weighted by Gasteiger charge is -2.11. The third-order valence-electron chi connectivity index (χ3n) is 3.98. The van der Waals surface area contributed by atoms with Crippen molar-refractivity contribution in [3.63, 3.8) is 0 Å². The van der Waals surface area contributed by atoms with Crippen LogP contribution in [0.5, 0.6) is 0 Å². The molecule has 0 aromatic carbocycles. The minimum Gasteiger partial charge on any atom is -0.464 e. The number of imidazole rings is 1. The van der Waals surface area contributed by atoms with Gasteiger partial charge in [-0.1, -0.05) is 45.4 Å². The topological polar surface area (TPSA) is 110 Å². The standard InChI is InChI=1S/C18H32N4O3/c1-2-3-4-5-6-7-8-9-17(23)25-11-10-21-18(24)16(19)12-15-13-20-14-22-15/h13-14,16H,2-12,19H2,1H3,(H,20,22)(H,21,24)/t16-/m0/s1. The van der Waals surface area contributed by atoms with Crippen molar-refractivity contribution in [2.45, 2.75) is 70.8 Å². The number of amides is 1. The maximum absolute atomic E-state index is 11.8. The number of carbonyl (C=O) groups is 2. The van der Waals surface area contributed by atoms with Crippen LogP contribution in [0.25, 0.3) is 0 Å². The van der Waals surface area contributed by atoms with Crippen LogP contribution in [0.1, 0.15) is 64.0 Å². The number of aromatic amines is 1. The predicted octanol–water partition coefficient (Wildman–Crippen LogP) is 2.08. The van der Waals surface area contributed by atoms with Crippen molar-refractivity contribution in [1.82, 2.24) is 15.3 Å². The van der Waals surface area contributed by atoms with Crippen LogP contribution in [0.2, 0.25) is 0 Å². The van der Waals surface area contributed by atoms with E-state index in [-0.39, 0.29) is 25.0 Å². The van der Waals surface area contributed by atoms with E-state index in [1.54, 1.807) is 12.5 Å². The Morgan fingerprint density at radius 2 is 1.96 bits per heavy atom. The number of rotatable bonds is 14. The van der Waals surface area contributed by atoms with Crippen molar-refractivity contribution in [1.29, 1.82) is 0 Å². The minimum atomic E-state index is -0.649. The summed E-state index contributed by atoms with van der Waals surface area (Å²) in [5, 5.41) is 2.67. The first-order valence-corrected chi connectivity index (χ1v) is 9.29. The van der Waals surface area contributed by atoms with E-state index >= 15 is 0 Å². The van der Waals surface area contributed by atoms with Gasteiger partial charge in [-0.15, -0.1) is 0 Å². The number of hydrogen-bond donors (Lipinski definition) is 3. The predicted molar refractivity (Wildman–Crippen MR) is 96.8 cm³/mol. The highest BCUT2D eigenvalue weighted by atomic mass is 16.5. The maximum atomic E-state index is 11.8. The van der Waals surface area contributed by atoms with E-state index in [4.69, 9.17) is 10.5 Å². The van der Waals surface area contributed by atoms with Crippen LogP contribution >= 0.6 is 0 Å². The molecule has 0 unspecified atom stereocenters. The fourth-order valence-corrected chi connectivity index (χ4v) is 2.49. The van der Waals surface area contributed by atoms with Gasteiger partial charge in [-0.25, -0.2) is 4.98 Å². The zero-order chi connectivity index (χ0) is 18.3. The molecule has 1 aromatic heterocycles. The van der Waals surface area contributed by atoms with Crippen molar-refractivity contribution < 1.29 is 14.3 Å². The van der Waals surface area contributed by atoms with Crippen LogP contribution in [0.3, 0.4) is 0 Å². The van der Waals surface area contributed by atoms with Crippen molar-refractivity contribution in [3.05, 3.63) is 18.2 Å². The third kappa shape index (κ3) is 10.6. The highest BCUT2D eigenvalue weighted by Crippen LogP contribution is 2.08. The van der Waals surface area contributed by atoms with Crippen LogP contribution in [-0.4, -0.2) is 41.0 Å². The van der Waals surface area contributed by atoms with Crippen LogP contribution in [0.4, 0.5) is 0 Å². The molecule has 4 N–H and O–H groups in total. The number of nitrogens with two attached hydrogens (primary N) is 1. The molecule has 142 valence electrons. The lowest BCUT2D eigenvalue weighted by atomic mass is 10.1. The smallest absolute Gasteiger partial charge is 0.305 e. The second-order valence-corrected chi connectivity index (χ2v) is 6.27. The molecule has 7 heteroatoms. The van der Waals surface area contributed by atoms with E-state index in [0.29, 0.717) is 12.8 Å². The van der Waals surface area contributed by atoms with Gasteiger partial charge in [-0.05, 0) is 6.42 Å². The molecule has 0 spiro atoms. The molecule has 0 radical (unpaired) electrons. The fourth-order valence-electron chi connectivity index (χ4n) is 2.49. The molecule has 0 aliphatic rings. The number of ether oxygens (including phenoxy) is 1. The summed E-state index contributed by atoms with van der Waals surface area (Å²) in [4.78, 5) is 30.2. The molecule has 7 nitrogen and oxygen atoms in total. The summed E-state index contributed by atoms with van der Waals surface area (Å²) in [7, 11) is 0. The molecule has 1 amide bonds. The Bertz CT molecular complexity index is 477. The average molecular weight is 352 g/mol. The SMILES string of the molecule is CCCCCCCCCC(=O)OCCNC(=O)[C@@H](N)Cc1cnc[nH]1. The number of aromatic nitrogens is 2. The van der Waals surface area contributed by atoms with Gasteiger partial charge >= 0.3 is 5.97 Å². The van der Waals surface area contributed by atoms with Gasteiger partial charge in [0.15, 0.2) is 0 Å². The van der Waals surface area contributed by atoms with Crippen LogP contribution in [-0.2, 0) is 20.7 Å². The van der Waals surface area contributed by atoms with Crippen molar-refractivity contribution in [2.24, 2.45) is 5.73 Å². The fraction of sp³-hybridized carbons (Fsp3) is 0.722. The average Bonchev–Trinajstić information content (AvgIpc) is 3.10. The van der Waals surface area contributed by atoms with E-state index in [1.165, 1.54) is 32.1 Å². The first-order chi connectivity index (χ1) is 12.1. The second-order valence-electron chi connectivity index (χ2n) is 6.27. The Morgan fingerprint density at radius 1 is 1.24 bits per heavy atom. The van der Waals surface area contributed by atoms with Gasteiger partial charge in [0.2, 0.25) is 5.91 Å². The van der Waals surface area contributed by atoms with Crippen LogP contribution in [0, 0.1) is 0 Å². The summed E-state index contributed by atoms with van der Waals surface area (Å²) < 4.78 is 5.11. The summed E-state index contributed by atoms with van der Waals surface area (Å²) in [6, 6.07) is -0.649. The molecular formula is C18H32N4O3. The number of carbonyl (C=O) groups excluding carboxylic acids is 2. The lowest BCUT2D eigenvalue weighted by Crippen LogP contribution is -2.43. The molecule has 0 saturated carbocycles. The molecule has 1 rings (SSSR count). The Morgan fingerprint density at radius 3 is 2.64 bits per heavy atom. The largest absolute Gasteiger partial charge is 0.464 e. The molecule has 1 atom stereocenters. The number of nitrogens with zero attached hydrogens (tertiary/aromatic N) is 1. The van der Waals surface area contributed by atoms with E-state index in [1.807, 2.05) is 0 Å². The van der Waals surface area contributed by atoms with Crippen LogP contribution < -0.4 is 11.1 Å². The van der Waals surface area contributed by atoms with E-state index in [9.17, 15) is 9.59 Å². The highest BCUT2D eigenvalue weighted by Gasteiger charge is 2.14. The quantitative estimate of drug-likeness (QED) is 0.351. The Labute approximate surface area is 150 Å². The normalized spacial score (nSPS) is 11.9. The first kappa shape index (κ1) is 21.2. The maximum Gasteiger partial charge on any atom is 0.305 e. The summed E-state index contributed by atoms with van der Waals surface area (Å²) in [6.45, 7) is 2.65. The van der Waals surface area contributed by atoms with Crippen molar-refractivity contribution >= 4 is 11.9 Å². The van der Waals surface area contributed by atoms with Gasteiger partial charge in [0.05, 0.1) is 18.9 Å². The molecule has 0 saturated heterocycles. The molecule has 0 aliphatic heterocycles. The van der Waals surface area contributed by atoms with Gasteiger partial charge in [-0.3, -0.25) is 9.59 Å². The van der Waals surface area contributed by atoms with Gasteiger partial charge < -0.3 is 20.8 Å². The summed E-state index contributed by atoms with van der Waals surface area (Å²) >= 11 is 0. The minimum absolute atomic E-state index is 0.178. The molecule has 0 bridgehead atoms. The molecular weight excluding hydrogens is 320 g/mol. The highest BCUT2D eigenvalue weighted by molar-refractivity contribution is 5.81. The number of hydrogen-bond acceptors (Lipinski definition) is 5. The molecule has 0 aliphatic carbocycles. The van der Waals surface area contributed by atoms with Crippen molar-refractivity contribution in [2.75, 3.05) is 13.2 Å². The van der Waals surface area contributed by atoms with Gasteiger partial charge in [0.1, 0.15) is 6.61 Å². The monoisotopic (exact) mass is 352 g/mol. The zero-order valence-electron chi connectivity index (χ0n) is 15.3. The molecule has 25 heavy (non-hydrogen) atoms. The van der Waals surface area contributed by atoms with Crippen molar-refractivity contribution in [3.8, 4) is 0 Å². The molecule has 1 aromatic rings. The molecule has 0 fully saturated rings. The molecule has 1 heterocycles. The summed E-state index contributed by atoms with van der Waals surface area (Å²) in [6.07, 6.45) is 12.2. The van der Waals surface area contributed by atoms with Gasteiger partial charge in [0, 0.05) is 24.7 Å². The van der Waals surface area contributed by atoms with E-state index < -0.39 is 6.04 Å². The Kier molecular flexibility index (Phi) is 11.3. The number of esters is 1. The second kappa shape index (κ2) is 13.4. The number of H-pyrrole nitrogens is 1. The first-order valence-electron chi connectivity index (χ1n) is 9.29. The van der Waals surface area contributed by atoms with E-state index in [0.717, 1.165) is 18.5 Å². The zero-order valence-corrected chi connectivity index (χ0v) is 15.3. The Balaban J connectivity index is 1.97. The van der Waals surface area contributed by atoms with Crippen LogP contribution in [0.15, 0.2) is 12.5 Å². The summed E-state index contributed by atoms with van der Waals surface area (Å²) in [5.74, 6) is -0.470. The number of nitrogens with one attached hydrogen (secondary N) is 2. The van der Waals surface area contributed by atoms with Gasteiger partial charge in [-0.2, -0.15) is 0 Å². The number of unbranched alkanes of at least 4 members (excludes halogenated alkanes) is 6. The third-order valence-corrected chi connectivity index (χ3v) is 3.98. The summed E-state index contributed by atoms with van der Waals surface area (Å²) in [5.41, 5.74) is 6.62. The van der Waals surface area contributed by atoms with Gasteiger partial charge in [0.25, 0.3) is 0 Å². The Hall–Kier alpha value is -1.89. The lowest BCUT2D eigenvalue weighted by molar-refractivity contribution is -0.144. The van der Waals surface area contributed by atoms with E-state index in [2.05, 4.69) is 22.2 Å².